The van der Waals surface area contributed by atoms with Crippen LogP contribution in [0.25, 0.3) is 0 Å². The zero-order valence-electron chi connectivity index (χ0n) is 11.8. The Morgan fingerprint density at radius 2 is 2.00 bits per heavy atom. The second kappa shape index (κ2) is 6.05. The Kier molecular flexibility index (Phi) is 4.96. The number of carbonyl (C=O) groups is 1. The fourth-order valence-electron chi connectivity index (χ4n) is 2.18. The molecule has 0 saturated carbocycles. The summed E-state index contributed by atoms with van der Waals surface area (Å²) in [5.74, 6) is 1.25. The maximum atomic E-state index is 11.2. The van der Waals surface area contributed by atoms with Crippen molar-refractivity contribution < 1.29 is 14.3 Å². The van der Waals surface area contributed by atoms with Gasteiger partial charge in [-0.1, -0.05) is 13.8 Å². The third-order valence-electron chi connectivity index (χ3n) is 3.00. The number of aryl methyl sites for hydroxylation is 2. The van der Waals surface area contributed by atoms with Gasteiger partial charge in [0.1, 0.15) is 17.6 Å². The highest BCUT2D eigenvalue weighted by molar-refractivity contribution is 5.73. The molecular weight excluding hydrogens is 230 g/mol. The fourth-order valence-corrected chi connectivity index (χ4v) is 2.18. The van der Waals surface area contributed by atoms with E-state index in [9.17, 15) is 9.90 Å². The largest absolute Gasteiger partial charge is 0.480 e. The number of hydrogen-bond acceptors (Lipinski definition) is 3. The van der Waals surface area contributed by atoms with Crippen molar-refractivity contribution in [2.24, 2.45) is 5.92 Å². The average molecular weight is 253 g/mol. The van der Waals surface area contributed by atoms with E-state index in [2.05, 4.69) is 5.32 Å². The maximum absolute atomic E-state index is 11.2. The van der Waals surface area contributed by atoms with Gasteiger partial charge in [-0.3, -0.25) is 10.1 Å². The molecule has 2 N–H and O–H groups in total. The van der Waals surface area contributed by atoms with Gasteiger partial charge in [0, 0.05) is 11.6 Å². The van der Waals surface area contributed by atoms with E-state index >= 15 is 0 Å². The van der Waals surface area contributed by atoms with Crippen LogP contribution < -0.4 is 5.32 Å². The van der Waals surface area contributed by atoms with Gasteiger partial charge in [0.05, 0.1) is 0 Å². The number of aliphatic carboxylic acids is 1. The van der Waals surface area contributed by atoms with E-state index < -0.39 is 12.0 Å². The van der Waals surface area contributed by atoms with Crippen LogP contribution in [0.5, 0.6) is 0 Å². The second-order valence-corrected chi connectivity index (χ2v) is 5.28. The second-order valence-electron chi connectivity index (χ2n) is 5.28. The molecule has 1 rings (SSSR count). The summed E-state index contributed by atoms with van der Waals surface area (Å²) in [6, 6.07) is 1.42. The molecule has 0 aromatic carbocycles. The molecule has 2 atom stereocenters. The molecule has 0 aliphatic heterocycles. The maximum Gasteiger partial charge on any atom is 0.320 e. The molecule has 1 aromatic rings. The fraction of sp³-hybridized carbons (Fsp3) is 0.643. The van der Waals surface area contributed by atoms with Gasteiger partial charge in [0.15, 0.2) is 0 Å². The van der Waals surface area contributed by atoms with Crippen LogP contribution in [0.2, 0.25) is 0 Å². The molecule has 102 valence electrons. The molecule has 0 fully saturated rings. The van der Waals surface area contributed by atoms with Crippen molar-refractivity contribution >= 4 is 5.97 Å². The first-order chi connectivity index (χ1) is 8.31. The van der Waals surface area contributed by atoms with Crippen LogP contribution in [-0.2, 0) is 4.79 Å². The summed E-state index contributed by atoms with van der Waals surface area (Å²) in [5, 5.41) is 12.4. The van der Waals surface area contributed by atoms with Crippen molar-refractivity contribution in [2.45, 2.75) is 53.1 Å². The normalized spacial score (nSPS) is 14.8. The quantitative estimate of drug-likeness (QED) is 0.818. The van der Waals surface area contributed by atoms with Crippen LogP contribution in [0.3, 0.4) is 0 Å². The molecule has 2 unspecified atom stereocenters. The van der Waals surface area contributed by atoms with Gasteiger partial charge >= 0.3 is 5.97 Å². The molecule has 1 heterocycles. The minimum absolute atomic E-state index is 0.0256. The summed E-state index contributed by atoms with van der Waals surface area (Å²) in [4.78, 5) is 11.2. The predicted octanol–water partition coefficient (Wildman–Crippen LogP) is 3.05. The van der Waals surface area contributed by atoms with Crippen molar-refractivity contribution in [1.82, 2.24) is 5.32 Å². The lowest BCUT2D eigenvalue weighted by atomic mass is 10.0. The Balaban J connectivity index is 2.75. The summed E-state index contributed by atoms with van der Waals surface area (Å²) in [6.07, 6.45) is 0.621. The lowest BCUT2D eigenvalue weighted by molar-refractivity contribution is -0.140. The Labute approximate surface area is 108 Å². The Morgan fingerprint density at radius 1 is 1.39 bits per heavy atom. The number of rotatable bonds is 6. The van der Waals surface area contributed by atoms with Crippen LogP contribution in [-0.4, -0.2) is 17.1 Å². The summed E-state index contributed by atoms with van der Waals surface area (Å²) in [7, 11) is 0. The topological polar surface area (TPSA) is 62.5 Å². The number of nitrogens with one attached hydrogen (secondary N) is 1. The lowest BCUT2D eigenvalue weighted by Gasteiger charge is -2.21. The highest BCUT2D eigenvalue weighted by atomic mass is 16.4. The number of hydrogen-bond donors (Lipinski definition) is 2. The molecule has 0 amide bonds. The van der Waals surface area contributed by atoms with Crippen molar-refractivity contribution in [3.63, 3.8) is 0 Å². The van der Waals surface area contributed by atoms with Gasteiger partial charge in [0.2, 0.25) is 0 Å². The van der Waals surface area contributed by atoms with Gasteiger partial charge in [-0.2, -0.15) is 0 Å². The molecule has 18 heavy (non-hydrogen) atoms. The first-order valence-electron chi connectivity index (χ1n) is 6.37. The standard InChI is InChI=1S/C14H23NO3/c1-8(2)6-13(14(16)17)15-10(4)12-7-9(3)18-11(12)5/h7-8,10,13,15H,6H2,1-5H3,(H,16,17). The van der Waals surface area contributed by atoms with E-state index in [1.54, 1.807) is 0 Å². The molecule has 0 spiro atoms. The van der Waals surface area contributed by atoms with Gasteiger partial charge in [-0.15, -0.1) is 0 Å². The third-order valence-corrected chi connectivity index (χ3v) is 3.00. The average Bonchev–Trinajstić information content (AvgIpc) is 2.56. The van der Waals surface area contributed by atoms with Crippen LogP contribution in [0.15, 0.2) is 10.5 Å². The molecule has 4 nitrogen and oxygen atoms in total. The van der Waals surface area contributed by atoms with Crippen LogP contribution in [0.1, 0.15) is 50.3 Å². The summed E-state index contributed by atoms with van der Waals surface area (Å²) in [5.41, 5.74) is 1.03. The molecule has 4 heteroatoms. The van der Waals surface area contributed by atoms with E-state index in [4.69, 9.17) is 4.42 Å². The Hall–Kier alpha value is -1.29. The van der Waals surface area contributed by atoms with E-state index in [1.807, 2.05) is 40.7 Å². The van der Waals surface area contributed by atoms with Crippen molar-refractivity contribution in [1.29, 1.82) is 0 Å². The Morgan fingerprint density at radius 3 is 2.39 bits per heavy atom. The number of carboxylic acids is 1. The smallest absolute Gasteiger partial charge is 0.320 e. The first kappa shape index (κ1) is 14.8. The lowest BCUT2D eigenvalue weighted by Crippen LogP contribution is -2.39. The molecule has 0 aliphatic rings. The van der Waals surface area contributed by atoms with Gasteiger partial charge in [-0.25, -0.2) is 0 Å². The highest BCUT2D eigenvalue weighted by Crippen LogP contribution is 2.22. The monoisotopic (exact) mass is 253 g/mol. The summed E-state index contributed by atoms with van der Waals surface area (Å²) < 4.78 is 5.47. The minimum Gasteiger partial charge on any atom is -0.480 e. The van der Waals surface area contributed by atoms with Crippen molar-refractivity contribution in [3.8, 4) is 0 Å². The SMILES string of the molecule is Cc1cc(C(C)NC(CC(C)C)C(=O)O)c(C)o1. The van der Waals surface area contributed by atoms with Crippen molar-refractivity contribution in [3.05, 3.63) is 23.2 Å². The number of furan rings is 1. The van der Waals surface area contributed by atoms with E-state index in [1.165, 1.54) is 0 Å². The first-order valence-corrected chi connectivity index (χ1v) is 6.37. The van der Waals surface area contributed by atoms with Gasteiger partial charge in [-0.05, 0) is 39.2 Å². The summed E-state index contributed by atoms with van der Waals surface area (Å²) in [6.45, 7) is 9.81. The van der Waals surface area contributed by atoms with Crippen LogP contribution >= 0.6 is 0 Å². The molecule has 0 radical (unpaired) electrons. The molecule has 0 saturated heterocycles. The van der Waals surface area contributed by atoms with E-state index in [0.29, 0.717) is 12.3 Å². The molecule has 0 bridgehead atoms. The zero-order chi connectivity index (χ0) is 13.9. The third kappa shape index (κ3) is 3.88. The Bertz CT molecular complexity index is 409. The minimum atomic E-state index is -0.798. The number of carboxylic acid groups (broad SMARTS) is 1. The van der Waals surface area contributed by atoms with E-state index in [0.717, 1.165) is 17.1 Å². The van der Waals surface area contributed by atoms with Crippen LogP contribution in [0.4, 0.5) is 0 Å². The van der Waals surface area contributed by atoms with Crippen molar-refractivity contribution in [2.75, 3.05) is 0 Å². The predicted molar refractivity (Wildman–Crippen MR) is 70.6 cm³/mol. The van der Waals surface area contributed by atoms with Gasteiger partial charge < -0.3 is 9.52 Å². The molecule has 0 aliphatic carbocycles. The van der Waals surface area contributed by atoms with Crippen LogP contribution in [0, 0.1) is 19.8 Å². The zero-order valence-corrected chi connectivity index (χ0v) is 11.8. The molecule has 1 aromatic heterocycles. The summed E-state index contributed by atoms with van der Waals surface area (Å²) >= 11 is 0. The highest BCUT2D eigenvalue weighted by Gasteiger charge is 2.22. The molecular formula is C14H23NO3. The van der Waals surface area contributed by atoms with Gasteiger partial charge in [0.25, 0.3) is 0 Å². The van der Waals surface area contributed by atoms with E-state index in [-0.39, 0.29) is 6.04 Å².